The van der Waals surface area contributed by atoms with E-state index in [-0.39, 0.29) is 11.8 Å². The summed E-state index contributed by atoms with van der Waals surface area (Å²) in [5.41, 5.74) is 0.875. The summed E-state index contributed by atoms with van der Waals surface area (Å²) in [5.74, 6) is 1.53. The van der Waals surface area contributed by atoms with Crippen molar-refractivity contribution < 1.29 is 9.53 Å². The number of fused-ring (bicyclic) bond motifs is 1. The van der Waals surface area contributed by atoms with Crippen LogP contribution in [0.3, 0.4) is 0 Å². The number of amides is 1. The molecule has 3 atom stereocenters. The second-order valence-electron chi connectivity index (χ2n) is 5.25. The third kappa shape index (κ3) is 1.80. The van der Waals surface area contributed by atoms with Crippen molar-refractivity contribution in [1.29, 1.82) is 0 Å². The Morgan fingerprint density at radius 1 is 1.25 bits per heavy atom. The summed E-state index contributed by atoms with van der Waals surface area (Å²) in [6.07, 6.45) is 1.57. The summed E-state index contributed by atoms with van der Waals surface area (Å²) >= 11 is 0. The Labute approximate surface area is 115 Å². The molecule has 1 aromatic heterocycles. The van der Waals surface area contributed by atoms with Gasteiger partial charge in [0.2, 0.25) is 5.91 Å². The number of nitrogens with zero attached hydrogens (tertiary/aromatic N) is 3. The first-order chi connectivity index (χ1) is 9.84. The van der Waals surface area contributed by atoms with Crippen LogP contribution in [0.4, 0.5) is 5.82 Å². The van der Waals surface area contributed by atoms with Crippen LogP contribution in [-0.2, 0) is 9.53 Å². The van der Waals surface area contributed by atoms with E-state index in [9.17, 15) is 4.79 Å². The maximum Gasteiger partial charge on any atom is 0.229 e. The molecule has 0 bridgehead atoms. The highest BCUT2D eigenvalue weighted by Gasteiger charge is 2.58. The number of nitrogens with one attached hydrogen (secondary N) is 1. The molecule has 6 nitrogen and oxygen atoms in total. The van der Waals surface area contributed by atoms with Crippen LogP contribution in [0.2, 0.25) is 0 Å². The average molecular weight is 270 g/mol. The van der Waals surface area contributed by atoms with Crippen molar-refractivity contribution in [2.75, 3.05) is 18.5 Å². The highest BCUT2D eigenvalue weighted by atomic mass is 16.5. The summed E-state index contributed by atoms with van der Waals surface area (Å²) in [6, 6.07) is 9.62. The van der Waals surface area contributed by atoms with Crippen LogP contribution in [-0.4, -0.2) is 34.1 Å². The first kappa shape index (κ1) is 11.6. The normalized spacial score (nSPS) is 27.1. The molecular formula is C14H14N4O2. The molecule has 2 aromatic rings. The minimum Gasteiger partial charge on any atom is -0.381 e. The molecule has 0 radical (unpaired) electrons. The zero-order valence-electron chi connectivity index (χ0n) is 10.8. The fourth-order valence-corrected chi connectivity index (χ4v) is 2.92. The van der Waals surface area contributed by atoms with Gasteiger partial charge in [-0.3, -0.25) is 4.79 Å². The Balaban J connectivity index is 1.53. The molecule has 1 saturated carbocycles. The standard InChI is InChI=1S/C14H14N4O2/c19-14(13-10-7-20-8-11(10)13)16-12-6-15-17-18(12)9-4-2-1-3-5-9/h1-6,10-11,13H,7-8H2,(H,16,19)/t10-,11+,13?. The second-order valence-corrected chi connectivity index (χ2v) is 5.25. The van der Waals surface area contributed by atoms with Crippen molar-refractivity contribution in [3.8, 4) is 5.69 Å². The lowest BCUT2D eigenvalue weighted by molar-refractivity contribution is -0.118. The van der Waals surface area contributed by atoms with Gasteiger partial charge < -0.3 is 10.1 Å². The van der Waals surface area contributed by atoms with E-state index in [1.165, 1.54) is 0 Å². The van der Waals surface area contributed by atoms with Crippen molar-refractivity contribution in [3.63, 3.8) is 0 Å². The van der Waals surface area contributed by atoms with Gasteiger partial charge in [0.15, 0.2) is 5.82 Å². The second kappa shape index (κ2) is 4.42. The maximum absolute atomic E-state index is 12.2. The number of carbonyl (C=O) groups is 1. The summed E-state index contributed by atoms with van der Waals surface area (Å²) in [5, 5.41) is 10.8. The van der Waals surface area contributed by atoms with E-state index in [1.54, 1.807) is 10.9 Å². The molecule has 1 amide bonds. The molecule has 20 heavy (non-hydrogen) atoms. The molecule has 1 N–H and O–H groups in total. The van der Waals surface area contributed by atoms with Crippen molar-refractivity contribution in [1.82, 2.24) is 15.0 Å². The number of aromatic nitrogens is 3. The summed E-state index contributed by atoms with van der Waals surface area (Å²) in [7, 11) is 0. The minimum atomic E-state index is 0.0442. The third-order valence-electron chi connectivity index (χ3n) is 4.06. The summed E-state index contributed by atoms with van der Waals surface area (Å²) in [4.78, 5) is 12.2. The number of hydrogen-bond acceptors (Lipinski definition) is 4. The highest BCUT2D eigenvalue weighted by molar-refractivity contribution is 5.94. The number of hydrogen-bond donors (Lipinski definition) is 1. The largest absolute Gasteiger partial charge is 0.381 e. The van der Waals surface area contributed by atoms with Crippen LogP contribution >= 0.6 is 0 Å². The lowest BCUT2D eigenvalue weighted by Crippen LogP contribution is -2.20. The SMILES string of the molecule is O=C(Nc1cnnn1-c1ccccc1)C1[C@H]2COC[C@@H]12. The number of carbonyl (C=O) groups excluding carboxylic acids is 1. The van der Waals surface area contributed by atoms with Crippen molar-refractivity contribution in [3.05, 3.63) is 36.5 Å². The molecule has 1 aromatic carbocycles. The van der Waals surface area contributed by atoms with Gasteiger partial charge in [-0.15, -0.1) is 5.10 Å². The average Bonchev–Trinajstić information content (AvgIpc) is 2.85. The molecule has 4 rings (SSSR count). The van der Waals surface area contributed by atoms with E-state index < -0.39 is 0 Å². The van der Waals surface area contributed by atoms with Crippen LogP contribution in [0, 0.1) is 17.8 Å². The topological polar surface area (TPSA) is 69.0 Å². The van der Waals surface area contributed by atoms with Gasteiger partial charge in [0.1, 0.15) is 0 Å². The van der Waals surface area contributed by atoms with E-state index in [0.29, 0.717) is 30.9 Å². The van der Waals surface area contributed by atoms with E-state index in [1.807, 2.05) is 30.3 Å². The Bertz CT molecular complexity index is 630. The van der Waals surface area contributed by atoms with Crippen LogP contribution in [0.15, 0.2) is 36.5 Å². The molecule has 102 valence electrons. The van der Waals surface area contributed by atoms with Gasteiger partial charge in [0.05, 0.1) is 25.1 Å². The fourth-order valence-electron chi connectivity index (χ4n) is 2.92. The number of para-hydroxylation sites is 1. The molecule has 1 unspecified atom stereocenters. The number of anilines is 1. The van der Waals surface area contributed by atoms with Gasteiger partial charge in [-0.05, 0) is 24.0 Å². The van der Waals surface area contributed by atoms with E-state index in [0.717, 1.165) is 5.69 Å². The minimum absolute atomic E-state index is 0.0442. The van der Waals surface area contributed by atoms with Gasteiger partial charge >= 0.3 is 0 Å². The molecule has 2 heterocycles. The first-order valence-electron chi connectivity index (χ1n) is 6.69. The quantitative estimate of drug-likeness (QED) is 0.906. The Morgan fingerprint density at radius 3 is 2.75 bits per heavy atom. The molecule has 0 spiro atoms. The Morgan fingerprint density at radius 2 is 2.00 bits per heavy atom. The third-order valence-corrected chi connectivity index (χ3v) is 4.06. The van der Waals surface area contributed by atoms with Gasteiger partial charge in [-0.2, -0.15) is 4.68 Å². The van der Waals surface area contributed by atoms with Crippen LogP contribution < -0.4 is 5.32 Å². The molecule has 1 aliphatic heterocycles. The van der Waals surface area contributed by atoms with Crippen molar-refractivity contribution >= 4 is 11.7 Å². The van der Waals surface area contributed by atoms with Crippen molar-refractivity contribution in [2.24, 2.45) is 17.8 Å². The van der Waals surface area contributed by atoms with Gasteiger partial charge in [0.25, 0.3) is 0 Å². The Kier molecular flexibility index (Phi) is 2.56. The van der Waals surface area contributed by atoms with Crippen LogP contribution in [0.5, 0.6) is 0 Å². The predicted octanol–water partition coefficient (Wildman–Crippen LogP) is 1.10. The smallest absolute Gasteiger partial charge is 0.229 e. The van der Waals surface area contributed by atoms with E-state index in [4.69, 9.17) is 4.74 Å². The Hall–Kier alpha value is -2.21. The van der Waals surface area contributed by atoms with E-state index in [2.05, 4.69) is 15.6 Å². The molecule has 1 saturated heterocycles. The van der Waals surface area contributed by atoms with Gasteiger partial charge in [0, 0.05) is 5.92 Å². The van der Waals surface area contributed by atoms with Crippen LogP contribution in [0.25, 0.3) is 5.69 Å². The highest BCUT2D eigenvalue weighted by Crippen LogP contribution is 2.51. The number of benzene rings is 1. The number of rotatable bonds is 3. The van der Waals surface area contributed by atoms with Crippen molar-refractivity contribution in [2.45, 2.75) is 0 Å². The predicted molar refractivity (Wildman–Crippen MR) is 71.3 cm³/mol. The lowest BCUT2D eigenvalue weighted by Gasteiger charge is -2.08. The first-order valence-corrected chi connectivity index (χ1v) is 6.69. The zero-order chi connectivity index (χ0) is 13.5. The van der Waals surface area contributed by atoms with E-state index >= 15 is 0 Å². The zero-order valence-corrected chi connectivity index (χ0v) is 10.8. The monoisotopic (exact) mass is 270 g/mol. The molecule has 2 fully saturated rings. The van der Waals surface area contributed by atoms with Gasteiger partial charge in [-0.1, -0.05) is 23.4 Å². The maximum atomic E-state index is 12.2. The molecular weight excluding hydrogens is 256 g/mol. The van der Waals surface area contributed by atoms with Crippen LogP contribution in [0.1, 0.15) is 0 Å². The molecule has 1 aliphatic carbocycles. The lowest BCUT2D eigenvalue weighted by atomic mass is 10.3. The summed E-state index contributed by atoms with van der Waals surface area (Å²) in [6.45, 7) is 1.41. The molecule has 2 aliphatic rings. The number of ether oxygens (including phenoxy) is 1. The van der Waals surface area contributed by atoms with Gasteiger partial charge in [-0.25, -0.2) is 0 Å². The molecule has 6 heteroatoms. The summed E-state index contributed by atoms with van der Waals surface area (Å²) < 4.78 is 6.94. The fraction of sp³-hybridized carbons (Fsp3) is 0.357.